The van der Waals surface area contributed by atoms with E-state index in [0.717, 1.165) is 13.1 Å². The molecule has 72 valence electrons. The first-order valence-electron chi connectivity index (χ1n) is 4.83. The van der Waals surface area contributed by atoms with E-state index in [1.807, 2.05) is 0 Å². The maximum Gasteiger partial charge on any atom is 0.0329 e. The van der Waals surface area contributed by atoms with Crippen molar-refractivity contribution in [2.45, 2.75) is 46.2 Å². The normalized spacial score (nSPS) is 38.2. The fourth-order valence-corrected chi connectivity index (χ4v) is 1.67. The predicted molar refractivity (Wildman–Crippen MR) is 53.3 cm³/mol. The van der Waals surface area contributed by atoms with Gasteiger partial charge < -0.3 is 10.6 Å². The molecule has 1 saturated heterocycles. The third kappa shape index (κ3) is 1.80. The minimum absolute atomic E-state index is 0.227. The molecule has 2 N–H and O–H groups in total. The minimum Gasteiger partial charge on any atom is -0.313 e. The Morgan fingerprint density at radius 2 is 1.92 bits per heavy atom. The molecule has 1 rings (SSSR count). The molecule has 0 spiro atoms. The number of hydrogen-bond acceptors (Lipinski definition) is 2. The second-order valence-corrected chi connectivity index (χ2v) is 5.26. The molecular formula is C10H22N2. The zero-order chi connectivity index (χ0) is 9.41. The van der Waals surface area contributed by atoms with Crippen LogP contribution in [0.3, 0.4) is 0 Å². The third-order valence-electron chi connectivity index (χ3n) is 3.15. The molecule has 0 radical (unpaired) electrons. The maximum absolute atomic E-state index is 3.67. The summed E-state index contributed by atoms with van der Waals surface area (Å²) in [5, 5.41) is 7.14. The zero-order valence-electron chi connectivity index (χ0n) is 8.99. The number of rotatable bonds is 0. The van der Waals surface area contributed by atoms with Crippen molar-refractivity contribution < 1.29 is 0 Å². The predicted octanol–water partition coefficient (Wildman–Crippen LogP) is 1.37. The monoisotopic (exact) mass is 170 g/mol. The van der Waals surface area contributed by atoms with Crippen molar-refractivity contribution in [3.63, 3.8) is 0 Å². The Kier molecular flexibility index (Phi) is 2.50. The van der Waals surface area contributed by atoms with Crippen LogP contribution in [0.2, 0.25) is 0 Å². The SMILES string of the molecule is CC1CNCC(C)(C(C)(C)C)N1. The Bertz CT molecular complexity index is 160. The van der Waals surface area contributed by atoms with Gasteiger partial charge in [0.2, 0.25) is 0 Å². The van der Waals surface area contributed by atoms with Crippen molar-refractivity contribution in [3.8, 4) is 0 Å². The van der Waals surface area contributed by atoms with Crippen molar-refractivity contribution in [1.29, 1.82) is 0 Å². The summed E-state index contributed by atoms with van der Waals surface area (Å²) in [5.74, 6) is 0. The lowest BCUT2D eigenvalue weighted by atomic mass is 9.73. The van der Waals surface area contributed by atoms with E-state index >= 15 is 0 Å². The molecule has 0 aromatic carbocycles. The van der Waals surface area contributed by atoms with Crippen molar-refractivity contribution in [3.05, 3.63) is 0 Å². The lowest BCUT2D eigenvalue weighted by molar-refractivity contribution is 0.114. The number of piperazine rings is 1. The molecule has 1 fully saturated rings. The Balaban J connectivity index is 2.70. The molecule has 0 aliphatic carbocycles. The van der Waals surface area contributed by atoms with E-state index in [4.69, 9.17) is 0 Å². The zero-order valence-corrected chi connectivity index (χ0v) is 8.99. The summed E-state index contributed by atoms with van der Waals surface area (Å²) in [7, 11) is 0. The fraction of sp³-hybridized carbons (Fsp3) is 1.00. The van der Waals surface area contributed by atoms with Crippen LogP contribution < -0.4 is 10.6 Å². The smallest absolute Gasteiger partial charge is 0.0329 e. The van der Waals surface area contributed by atoms with Crippen LogP contribution in [0.25, 0.3) is 0 Å². The second kappa shape index (κ2) is 3.00. The van der Waals surface area contributed by atoms with E-state index in [1.54, 1.807) is 0 Å². The molecule has 2 heteroatoms. The van der Waals surface area contributed by atoms with E-state index in [1.165, 1.54) is 0 Å². The highest BCUT2D eigenvalue weighted by Gasteiger charge is 2.39. The fourth-order valence-electron chi connectivity index (χ4n) is 1.67. The molecule has 2 atom stereocenters. The molecule has 12 heavy (non-hydrogen) atoms. The maximum atomic E-state index is 3.67. The standard InChI is InChI=1S/C10H22N2/c1-8-6-11-7-10(5,12-8)9(2,3)4/h8,11-12H,6-7H2,1-5H3. The Hall–Kier alpha value is -0.0800. The van der Waals surface area contributed by atoms with Gasteiger partial charge in [0.1, 0.15) is 0 Å². The number of hydrogen-bond donors (Lipinski definition) is 2. The van der Waals surface area contributed by atoms with Crippen LogP contribution in [0.5, 0.6) is 0 Å². The molecule has 1 heterocycles. The summed E-state index contributed by atoms with van der Waals surface area (Å²) >= 11 is 0. The molecule has 0 saturated carbocycles. The first-order chi connectivity index (χ1) is 5.35. The topological polar surface area (TPSA) is 24.1 Å². The lowest BCUT2D eigenvalue weighted by Gasteiger charge is -2.48. The Morgan fingerprint density at radius 1 is 1.33 bits per heavy atom. The molecule has 1 aliphatic rings. The van der Waals surface area contributed by atoms with Gasteiger partial charge in [0.15, 0.2) is 0 Å². The van der Waals surface area contributed by atoms with Gasteiger partial charge in [-0.3, -0.25) is 0 Å². The van der Waals surface area contributed by atoms with Crippen molar-refractivity contribution >= 4 is 0 Å². The summed E-state index contributed by atoms with van der Waals surface area (Å²) in [6, 6.07) is 0.586. The van der Waals surface area contributed by atoms with Crippen LogP contribution in [0, 0.1) is 5.41 Å². The van der Waals surface area contributed by atoms with Gasteiger partial charge in [0.05, 0.1) is 0 Å². The molecule has 0 bridgehead atoms. The molecule has 2 unspecified atom stereocenters. The molecule has 0 aromatic rings. The van der Waals surface area contributed by atoms with Crippen molar-refractivity contribution in [2.75, 3.05) is 13.1 Å². The number of nitrogens with one attached hydrogen (secondary N) is 2. The Labute approximate surface area is 76.1 Å². The van der Waals surface area contributed by atoms with Gasteiger partial charge in [-0.2, -0.15) is 0 Å². The van der Waals surface area contributed by atoms with E-state index in [0.29, 0.717) is 11.5 Å². The van der Waals surface area contributed by atoms with Gasteiger partial charge >= 0.3 is 0 Å². The summed E-state index contributed by atoms with van der Waals surface area (Å²) in [6.45, 7) is 13.6. The Morgan fingerprint density at radius 3 is 2.25 bits per heavy atom. The van der Waals surface area contributed by atoms with Crippen LogP contribution in [-0.4, -0.2) is 24.7 Å². The van der Waals surface area contributed by atoms with Gasteiger partial charge in [-0.1, -0.05) is 20.8 Å². The van der Waals surface area contributed by atoms with Gasteiger partial charge in [0, 0.05) is 24.7 Å². The quantitative estimate of drug-likeness (QED) is 0.574. The van der Waals surface area contributed by atoms with Crippen LogP contribution in [0.1, 0.15) is 34.6 Å². The average Bonchev–Trinajstić information content (AvgIpc) is 1.83. The summed E-state index contributed by atoms with van der Waals surface area (Å²) < 4.78 is 0. The molecular weight excluding hydrogens is 148 g/mol. The minimum atomic E-state index is 0.227. The molecule has 0 aromatic heterocycles. The molecule has 0 amide bonds. The van der Waals surface area contributed by atoms with Crippen LogP contribution >= 0.6 is 0 Å². The second-order valence-electron chi connectivity index (χ2n) is 5.26. The van der Waals surface area contributed by atoms with Crippen LogP contribution in [0.4, 0.5) is 0 Å². The average molecular weight is 170 g/mol. The molecule has 1 aliphatic heterocycles. The van der Waals surface area contributed by atoms with Gasteiger partial charge in [-0.15, -0.1) is 0 Å². The van der Waals surface area contributed by atoms with Gasteiger partial charge in [-0.05, 0) is 19.3 Å². The highest BCUT2D eigenvalue weighted by atomic mass is 15.1. The van der Waals surface area contributed by atoms with Crippen LogP contribution in [0.15, 0.2) is 0 Å². The highest BCUT2D eigenvalue weighted by Crippen LogP contribution is 2.30. The first kappa shape index (κ1) is 10.0. The lowest BCUT2D eigenvalue weighted by Crippen LogP contribution is -2.66. The van der Waals surface area contributed by atoms with Gasteiger partial charge in [0.25, 0.3) is 0 Å². The summed E-state index contributed by atoms with van der Waals surface area (Å²) in [5.41, 5.74) is 0.541. The third-order valence-corrected chi connectivity index (χ3v) is 3.15. The van der Waals surface area contributed by atoms with Crippen molar-refractivity contribution in [2.24, 2.45) is 5.41 Å². The highest BCUT2D eigenvalue weighted by molar-refractivity contribution is 5.00. The van der Waals surface area contributed by atoms with E-state index in [9.17, 15) is 0 Å². The van der Waals surface area contributed by atoms with Crippen molar-refractivity contribution in [1.82, 2.24) is 10.6 Å². The van der Waals surface area contributed by atoms with E-state index < -0.39 is 0 Å². The van der Waals surface area contributed by atoms with Gasteiger partial charge in [-0.25, -0.2) is 0 Å². The summed E-state index contributed by atoms with van der Waals surface area (Å²) in [6.07, 6.45) is 0. The first-order valence-corrected chi connectivity index (χ1v) is 4.83. The largest absolute Gasteiger partial charge is 0.313 e. The molecule has 2 nitrogen and oxygen atoms in total. The van der Waals surface area contributed by atoms with Crippen LogP contribution in [-0.2, 0) is 0 Å². The van der Waals surface area contributed by atoms with E-state index in [2.05, 4.69) is 45.3 Å². The summed E-state index contributed by atoms with van der Waals surface area (Å²) in [4.78, 5) is 0. The van der Waals surface area contributed by atoms with E-state index in [-0.39, 0.29) is 5.54 Å².